The molecule has 0 aliphatic rings. The minimum absolute atomic E-state index is 0.189. The minimum Gasteiger partial charge on any atom is -0.396 e. The van der Waals surface area contributed by atoms with Gasteiger partial charge < -0.3 is 16.2 Å². The molecule has 0 fully saturated rings. The normalized spacial score (nSPS) is 15.3. The van der Waals surface area contributed by atoms with Crippen molar-refractivity contribution in [3.05, 3.63) is 0 Å². The molecule has 0 saturated carbocycles. The summed E-state index contributed by atoms with van der Waals surface area (Å²) in [7, 11) is 1.71. The monoisotopic (exact) mass is 206 g/mol. The van der Waals surface area contributed by atoms with Crippen LogP contribution in [-0.2, 0) is 4.79 Å². The lowest BCUT2D eigenvalue weighted by molar-refractivity contribution is -0.119. The quantitative estimate of drug-likeness (QED) is 0.528. The highest BCUT2D eigenvalue weighted by atomic mass is 32.2. The van der Waals surface area contributed by atoms with Crippen molar-refractivity contribution in [3.63, 3.8) is 0 Å². The second-order valence-electron chi connectivity index (χ2n) is 2.90. The van der Waals surface area contributed by atoms with Gasteiger partial charge in [0.25, 0.3) is 0 Å². The van der Waals surface area contributed by atoms with Crippen molar-refractivity contribution < 1.29 is 9.90 Å². The predicted octanol–water partition coefficient (Wildman–Crippen LogP) is -0.436. The number of rotatable bonds is 7. The number of carbonyl (C=O) groups excluding carboxylic acids is 1. The van der Waals surface area contributed by atoms with Gasteiger partial charge in [0.2, 0.25) is 5.91 Å². The van der Waals surface area contributed by atoms with E-state index in [4.69, 9.17) is 10.8 Å². The van der Waals surface area contributed by atoms with Gasteiger partial charge in [-0.3, -0.25) is 4.79 Å². The average Bonchev–Trinajstić information content (AvgIpc) is 2.05. The van der Waals surface area contributed by atoms with Gasteiger partial charge in [-0.25, -0.2) is 0 Å². The molecule has 0 aromatic carbocycles. The fourth-order valence-corrected chi connectivity index (χ4v) is 1.96. The summed E-state index contributed by atoms with van der Waals surface area (Å²) in [6, 6.07) is -0.272. The van der Waals surface area contributed by atoms with Crippen molar-refractivity contribution in [3.8, 4) is 0 Å². The van der Waals surface area contributed by atoms with Gasteiger partial charge in [0, 0.05) is 17.6 Å². The maximum Gasteiger partial charge on any atom is 0.235 e. The number of nitrogens with one attached hydrogen (secondary N) is 1. The Morgan fingerprint density at radius 2 is 2.31 bits per heavy atom. The Morgan fingerprint density at radius 3 is 2.69 bits per heavy atom. The van der Waals surface area contributed by atoms with Crippen LogP contribution in [0.25, 0.3) is 0 Å². The lowest BCUT2D eigenvalue weighted by atomic mass is 10.3. The van der Waals surface area contributed by atoms with E-state index in [1.54, 1.807) is 18.8 Å². The Labute approximate surface area is 83.3 Å². The Hall–Kier alpha value is -0.260. The maximum absolute atomic E-state index is 10.8. The number of hydrogen-bond acceptors (Lipinski definition) is 4. The zero-order valence-electron chi connectivity index (χ0n) is 8.12. The Kier molecular flexibility index (Phi) is 7.03. The molecule has 0 radical (unpaired) electrons. The summed E-state index contributed by atoms with van der Waals surface area (Å²) in [5.74, 6) is 0.332. The average molecular weight is 206 g/mol. The summed E-state index contributed by atoms with van der Waals surface area (Å²) >= 11 is 1.64. The molecule has 13 heavy (non-hydrogen) atoms. The lowest BCUT2D eigenvalue weighted by Gasteiger charge is -2.14. The van der Waals surface area contributed by atoms with Crippen LogP contribution in [0, 0.1) is 0 Å². The van der Waals surface area contributed by atoms with Crippen LogP contribution in [0.2, 0.25) is 0 Å². The van der Waals surface area contributed by atoms with Crippen LogP contribution in [0.3, 0.4) is 0 Å². The molecule has 0 heterocycles. The summed E-state index contributed by atoms with van der Waals surface area (Å²) in [5.41, 5.74) is 5.14. The summed E-state index contributed by atoms with van der Waals surface area (Å²) < 4.78 is 0. The molecule has 0 aliphatic carbocycles. The highest BCUT2D eigenvalue weighted by molar-refractivity contribution is 7.99. The van der Waals surface area contributed by atoms with Gasteiger partial charge in [0.15, 0.2) is 0 Å². The second-order valence-corrected chi connectivity index (χ2v) is 4.37. The standard InChI is InChI=1S/C8H18N2O2S/c1-6(3-4-11)13-5-7(10-2)8(9)12/h6-7,10-11H,3-5H2,1-2H3,(H2,9,12). The van der Waals surface area contributed by atoms with Crippen molar-refractivity contribution in [2.45, 2.75) is 24.6 Å². The molecule has 4 N–H and O–H groups in total. The van der Waals surface area contributed by atoms with E-state index in [1.807, 2.05) is 6.92 Å². The van der Waals surface area contributed by atoms with E-state index in [9.17, 15) is 4.79 Å². The largest absolute Gasteiger partial charge is 0.396 e. The number of thioether (sulfide) groups is 1. The molecule has 0 aromatic heterocycles. The number of amides is 1. The maximum atomic E-state index is 10.8. The first-order chi connectivity index (χ1) is 6.11. The van der Waals surface area contributed by atoms with Crippen molar-refractivity contribution in [1.29, 1.82) is 0 Å². The van der Waals surface area contributed by atoms with Gasteiger partial charge in [0.1, 0.15) is 0 Å². The van der Waals surface area contributed by atoms with E-state index in [2.05, 4.69) is 5.32 Å². The van der Waals surface area contributed by atoms with E-state index in [1.165, 1.54) is 0 Å². The highest BCUT2D eigenvalue weighted by Gasteiger charge is 2.13. The second kappa shape index (κ2) is 7.17. The van der Waals surface area contributed by atoms with E-state index in [-0.39, 0.29) is 18.6 Å². The summed E-state index contributed by atoms with van der Waals surface area (Å²) in [4.78, 5) is 10.8. The molecule has 0 aromatic rings. The number of carbonyl (C=O) groups is 1. The molecule has 0 saturated heterocycles. The van der Waals surface area contributed by atoms with Gasteiger partial charge in [-0.1, -0.05) is 6.92 Å². The first-order valence-corrected chi connectivity index (χ1v) is 5.35. The molecule has 2 unspecified atom stereocenters. The first kappa shape index (κ1) is 12.7. The molecule has 2 atom stereocenters. The van der Waals surface area contributed by atoms with Gasteiger partial charge >= 0.3 is 0 Å². The van der Waals surface area contributed by atoms with Crippen molar-refractivity contribution in [2.75, 3.05) is 19.4 Å². The van der Waals surface area contributed by atoms with Crippen LogP contribution >= 0.6 is 11.8 Å². The van der Waals surface area contributed by atoms with Crippen LogP contribution in [0.4, 0.5) is 0 Å². The molecule has 78 valence electrons. The van der Waals surface area contributed by atoms with Crippen LogP contribution in [0.5, 0.6) is 0 Å². The summed E-state index contributed by atoms with van der Waals surface area (Å²) in [6.07, 6.45) is 0.750. The number of likely N-dealkylation sites (N-methyl/N-ethyl adjacent to an activating group) is 1. The van der Waals surface area contributed by atoms with Crippen molar-refractivity contribution in [2.24, 2.45) is 5.73 Å². The molecule has 1 amide bonds. The smallest absolute Gasteiger partial charge is 0.235 e. The van der Waals surface area contributed by atoms with Crippen LogP contribution < -0.4 is 11.1 Å². The number of aliphatic hydroxyl groups is 1. The topological polar surface area (TPSA) is 75.3 Å². The molecule has 0 rings (SSSR count). The third-order valence-corrected chi connectivity index (χ3v) is 3.11. The van der Waals surface area contributed by atoms with Crippen molar-refractivity contribution >= 4 is 17.7 Å². The summed E-state index contributed by atoms with van der Waals surface area (Å²) in [6.45, 7) is 2.21. The summed E-state index contributed by atoms with van der Waals surface area (Å²) in [5, 5.41) is 11.9. The lowest BCUT2D eigenvalue weighted by Crippen LogP contribution is -2.41. The van der Waals surface area contributed by atoms with Gasteiger partial charge in [-0.2, -0.15) is 11.8 Å². The number of aliphatic hydroxyl groups excluding tert-OH is 1. The molecular weight excluding hydrogens is 188 g/mol. The first-order valence-electron chi connectivity index (χ1n) is 4.30. The number of primary amides is 1. The number of hydrogen-bond donors (Lipinski definition) is 3. The van der Waals surface area contributed by atoms with Gasteiger partial charge in [-0.05, 0) is 13.5 Å². The Morgan fingerprint density at radius 1 is 1.69 bits per heavy atom. The van der Waals surface area contributed by atoms with Crippen molar-refractivity contribution in [1.82, 2.24) is 5.32 Å². The molecular formula is C8H18N2O2S. The van der Waals surface area contributed by atoms with E-state index >= 15 is 0 Å². The fourth-order valence-electron chi connectivity index (χ4n) is 0.833. The zero-order chi connectivity index (χ0) is 10.3. The third kappa shape index (κ3) is 5.90. The Balaban J connectivity index is 3.65. The fraction of sp³-hybridized carbons (Fsp3) is 0.875. The molecule has 5 heteroatoms. The van der Waals surface area contributed by atoms with E-state index < -0.39 is 0 Å². The van der Waals surface area contributed by atoms with Crippen LogP contribution in [-0.4, -0.2) is 41.7 Å². The molecule has 0 aliphatic heterocycles. The van der Waals surface area contributed by atoms with E-state index in [0.29, 0.717) is 11.0 Å². The number of nitrogens with two attached hydrogens (primary N) is 1. The minimum atomic E-state index is -0.328. The SMILES string of the molecule is CNC(CSC(C)CCO)C(N)=O. The predicted molar refractivity (Wildman–Crippen MR) is 55.7 cm³/mol. The van der Waals surface area contributed by atoms with E-state index in [0.717, 1.165) is 6.42 Å². The molecule has 4 nitrogen and oxygen atoms in total. The highest BCUT2D eigenvalue weighted by Crippen LogP contribution is 2.14. The van der Waals surface area contributed by atoms with Crippen LogP contribution in [0.15, 0.2) is 0 Å². The Bertz CT molecular complexity index is 155. The zero-order valence-corrected chi connectivity index (χ0v) is 8.93. The van der Waals surface area contributed by atoms with Gasteiger partial charge in [-0.15, -0.1) is 0 Å². The third-order valence-electron chi connectivity index (χ3n) is 1.77. The van der Waals surface area contributed by atoms with Crippen LogP contribution in [0.1, 0.15) is 13.3 Å². The van der Waals surface area contributed by atoms with Gasteiger partial charge in [0.05, 0.1) is 6.04 Å². The molecule has 0 spiro atoms. The molecule has 0 bridgehead atoms.